The second-order valence-corrected chi connectivity index (χ2v) is 7.03. The molecular weight excluding hydrogens is 356 g/mol. The predicted molar refractivity (Wildman–Crippen MR) is 104 cm³/mol. The zero-order valence-electron chi connectivity index (χ0n) is 15.5. The summed E-state index contributed by atoms with van der Waals surface area (Å²) in [5.74, 6) is 1.68. The number of hydrogen-bond donors (Lipinski definition) is 0. The van der Waals surface area contributed by atoms with Crippen LogP contribution in [-0.2, 0) is 6.54 Å². The Hall–Kier alpha value is -3.49. The van der Waals surface area contributed by atoms with Crippen LogP contribution < -0.4 is 10.5 Å². The molecule has 0 saturated carbocycles. The van der Waals surface area contributed by atoms with Gasteiger partial charge in [-0.1, -0.05) is 0 Å². The van der Waals surface area contributed by atoms with Crippen molar-refractivity contribution in [2.75, 3.05) is 11.4 Å². The molecule has 1 aliphatic rings. The van der Waals surface area contributed by atoms with Crippen LogP contribution in [-0.4, -0.2) is 46.5 Å². The van der Waals surface area contributed by atoms with E-state index >= 15 is 0 Å². The molecule has 1 unspecified atom stereocenters. The first-order valence-electron chi connectivity index (χ1n) is 9.33. The number of fused-ring (bicyclic) bond motifs is 1. The van der Waals surface area contributed by atoms with Gasteiger partial charge >= 0.3 is 0 Å². The smallest absolute Gasteiger partial charge is 0.266 e. The largest absolute Gasteiger partial charge is 0.352 e. The Kier molecular flexibility index (Phi) is 3.92. The normalized spacial score (nSPS) is 16.9. The third-order valence-corrected chi connectivity index (χ3v) is 5.15. The van der Waals surface area contributed by atoms with Crippen molar-refractivity contribution in [2.24, 2.45) is 0 Å². The van der Waals surface area contributed by atoms with Gasteiger partial charge in [0.2, 0.25) is 0 Å². The van der Waals surface area contributed by atoms with Crippen LogP contribution in [0.15, 0.2) is 54.0 Å². The molecule has 0 radical (unpaired) electrons. The lowest BCUT2D eigenvalue weighted by Crippen LogP contribution is -2.38. The van der Waals surface area contributed by atoms with Crippen LogP contribution in [0.25, 0.3) is 11.5 Å². The Morgan fingerprint density at radius 3 is 3.00 bits per heavy atom. The molecule has 0 spiro atoms. The Bertz CT molecular complexity index is 1180. The Morgan fingerprint density at radius 2 is 2.14 bits per heavy atom. The van der Waals surface area contributed by atoms with Gasteiger partial charge in [-0.2, -0.15) is 14.7 Å². The first-order valence-corrected chi connectivity index (χ1v) is 9.33. The van der Waals surface area contributed by atoms with Crippen LogP contribution in [0.4, 0.5) is 5.82 Å². The van der Waals surface area contributed by atoms with E-state index in [1.807, 2.05) is 23.7 Å². The molecule has 142 valence electrons. The van der Waals surface area contributed by atoms with Gasteiger partial charge in [0.15, 0.2) is 11.5 Å². The fourth-order valence-electron chi connectivity index (χ4n) is 3.85. The van der Waals surface area contributed by atoms with Gasteiger partial charge in [-0.3, -0.25) is 9.36 Å². The molecule has 1 fully saturated rings. The lowest BCUT2D eigenvalue weighted by Gasteiger charge is -2.27. The zero-order valence-corrected chi connectivity index (χ0v) is 15.5. The van der Waals surface area contributed by atoms with Crippen molar-refractivity contribution in [2.45, 2.75) is 32.4 Å². The molecule has 4 aromatic rings. The van der Waals surface area contributed by atoms with Crippen LogP contribution in [0.1, 0.15) is 18.5 Å². The molecule has 1 atom stereocenters. The van der Waals surface area contributed by atoms with Crippen LogP contribution in [0, 0.1) is 6.92 Å². The summed E-state index contributed by atoms with van der Waals surface area (Å²) in [7, 11) is 0. The summed E-state index contributed by atoms with van der Waals surface area (Å²) in [6.45, 7) is 3.42. The second kappa shape index (κ2) is 6.59. The number of aryl methyl sites for hydroxylation is 1. The molecule has 0 N–H and O–H groups in total. The number of imidazole rings is 1. The van der Waals surface area contributed by atoms with Crippen molar-refractivity contribution in [3.05, 3.63) is 65.2 Å². The highest BCUT2D eigenvalue weighted by Gasteiger charge is 2.28. The van der Waals surface area contributed by atoms with Crippen LogP contribution >= 0.6 is 0 Å². The van der Waals surface area contributed by atoms with E-state index in [1.165, 1.54) is 0 Å². The molecule has 0 aromatic carbocycles. The van der Waals surface area contributed by atoms with Crippen molar-refractivity contribution < 1.29 is 0 Å². The number of anilines is 1. The van der Waals surface area contributed by atoms with E-state index in [1.54, 1.807) is 40.1 Å². The molecule has 0 aliphatic carbocycles. The van der Waals surface area contributed by atoms with Gasteiger partial charge in [0.1, 0.15) is 12.1 Å². The SMILES string of the molecule is Cc1cc(N2CCCC2Cn2nc(-n3ccnc3)ccc2=O)n2nccc2n1. The van der Waals surface area contributed by atoms with E-state index in [0.717, 1.165) is 36.5 Å². The third kappa shape index (κ3) is 2.84. The van der Waals surface area contributed by atoms with Gasteiger partial charge in [0.25, 0.3) is 5.56 Å². The molecule has 4 aromatic heterocycles. The molecule has 5 rings (SSSR count). The average molecular weight is 376 g/mol. The molecular formula is C19H20N8O. The zero-order chi connectivity index (χ0) is 19.1. The van der Waals surface area contributed by atoms with Crippen LogP contribution in [0.3, 0.4) is 0 Å². The minimum absolute atomic E-state index is 0.106. The summed E-state index contributed by atoms with van der Waals surface area (Å²) in [5, 5.41) is 8.97. The molecule has 28 heavy (non-hydrogen) atoms. The van der Waals surface area contributed by atoms with E-state index in [0.29, 0.717) is 12.4 Å². The highest BCUT2D eigenvalue weighted by molar-refractivity contribution is 5.51. The lowest BCUT2D eigenvalue weighted by atomic mass is 10.2. The van der Waals surface area contributed by atoms with Crippen LogP contribution in [0.5, 0.6) is 0 Å². The summed E-state index contributed by atoms with van der Waals surface area (Å²) in [6, 6.07) is 7.40. The molecule has 0 bridgehead atoms. The van der Waals surface area contributed by atoms with Crippen molar-refractivity contribution >= 4 is 11.5 Å². The highest BCUT2D eigenvalue weighted by atomic mass is 16.1. The Balaban J connectivity index is 1.49. The third-order valence-electron chi connectivity index (χ3n) is 5.15. The van der Waals surface area contributed by atoms with Gasteiger partial charge in [0.05, 0.1) is 18.8 Å². The summed E-state index contributed by atoms with van der Waals surface area (Å²) < 4.78 is 5.21. The fourth-order valence-corrected chi connectivity index (χ4v) is 3.85. The number of nitrogens with zero attached hydrogens (tertiary/aromatic N) is 8. The van der Waals surface area contributed by atoms with E-state index in [2.05, 4.69) is 31.1 Å². The van der Waals surface area contributed by atoms with Crippen LogP contribution in [0.2, 0.25) is 0 Å². The Morgan fingerprint density at radius 1 is 1.21 bits per heavy atom. The van der Waals surface area contributed by atoms with E-state index in [4.69, 9.17) is 0 Å². The predicted octanol–water partition coefficient (Wildman–Crippen LogP) is 1.45. The molecule has 5 heterocycles. The maximum absolute atomic E-state index is 12.4. The first-order chi connectivity index (χ1) is 13.7. The van der Waals surface area contributed by atoms with E-state index in [9.17, 15) is 4.79 Å². The first kappa shape index (κ1) is 16.7. The maximum atomic E-state index is 12.4. The van der Waals surface area contributed by atoms with Crippen molar-refractivity contribution in [3.8, 4) is 5.82 Å². The monoisotopic (exact) mass is 376 g/mol. The van der Waals surface area contributed by atoms with Gasteiger partial charge in [0, 0.05) is 42.8 Å². The van der Waals surface area contributed by atoms with Crippen molar-refractivity contribution in [1.82, 2.24) is 33.9 Å². The van der Waals surface area contributed by atoms with Gasteiger partial charge in [-0.15, -0.1) is 0 Å². The number of rotatable bonds is 4. The average Bonchev–Trinajstić information content (AvgIpc) is 3.44. The Labute approximate surface area is 160 Å². The number of aromatic nitrogens is 7. The minimum atomic E-state index is -0.106. The minimum Gasteiger partial charge on any atom is -0.352 e. The lowest BCUT2D eigenvalue weighted by molar-refractivity contribution is 0.483. The number of hydrogen-bond acceptors (Lipinski definition) is 6. The second-order valence-electron chi connectivity index (χ2n) is 7.03. The standard InChI is InChI=1S/C19H20N8O/c1-14-11-18(27-16(22-14)6-7-21-27)25-9-2-3-15(25)12-26-19(28)5-4-17(23-26)24-10-8-20-13-24/h4-8,10-11,13,15H,2-3,9,12H2,1H3. The molecule has 1 aliphatic heterocycles. The van der Waals surface area contributed by atoms with Crippen molar-refractivity contribution in [3.63, 3.8) is 0 Å². The summed E-state index contributed by atoms with van der Waals surface area (Å²) in [4.78, 5) is 23.3. The summed E-state index contributed by atoms with van der Waals surface area (Å²) >= 11 is 0. The summed E-state index contributed by atoms with van der Waals surface area (Å²) in [5.41, 5.74) is 1.68. The van der Waals surface area contributed by atoms with Gasteiger partial charge in [-0.25, -0.2) is 14.6 Å². The molecule has 9 nitrogen and oxygen atoms in total. The summed E-state index contributed by atoms with van der Waals surface area (Å²) in [6.07, 6.45) is 8.99. The van der Waals surface area contributed by atoms with E-state index in [-0.39, 0.29) is 11.6 Å². The van der Waals surface area contributed by atoms with Gasteiger partial charge < -0.3 is 4.90 Å². The molecule has 1 saturated heterocycles. The molecule has 0 amide bonds. The van der Waals surface area contributed by atoms with Crippen molar-refractivity contribution in [1.29, 1.82) is 0 Å². The van der Waals surface area contributed by atoms with Gasteiger partial charge in [-0.05, 0) is 25.8 Å². The maximum Gasteiger partial charge on any atom is 0.266 e. The van der Waals surface area contributed by atoms with E-state index < -0.39 is 0 Å². The highest BCUT2D eigenvalue weighted by Crippen LogP contribution is 2.27. The molecule has 9 heteroatoms. The fraction of sp³-hybridized carbons (Fsp3) is 0.316. The quantitative estimate of drug-likeness (QED) is 0.536. The topological polar surface area (TPSA) is 86.1 Å².